The predicted octanol–water partition coefficient (Wildman–Crippen LogP) is 5.40. The molecular weight excluding hydrogens is 363 g/mol. The molecule has 140 valence electrons. The van der Waals surface area contributed by atoms with Gasteiger partial charge in [0.05, 0.1) is 12.1 Å². The number of likely N-dealkylation sites (tertiary alicyclic amines) is 1. The lowest BCUT2D eigenvalue weighted by Crippen LogP contribution is -2.34. The molecule has 1 aliphatic heterocycles. The molecule has 3 nitrogen and oxygen atoms in total. The molecule has 0 atom stereocenters. The third kappa shape index (κ3) is 3.52. The van der Waals surface area contributed by atoms with Gasteiger partial charge >= 0.3 is 0 Å². The third-order valence-corrected chi connectivity index (χ3v) is 5.60. The number of piperidine rings is 1. The summed E-state index contributed by atoms with van der Waals surface area (Å²) >= 11 is 6.02. The number of rotatable bonds is 4. The lowest BCUT2D eigenvalue weighted by Gasteiger charge is -2.25. The number of benzene rings is 2. The molecule has 0 N–H and O–H groups in total. The van der Waals surface area contributed by atoms with E-state index in [0.29, 0.717) is 22.5 Å². The van der Waals surface area contributed by atoms with Crippen molar-refractivity contribution in [2.24, 2.45) is 0 Å². The van der Waals surface area contributed by atoms with E-state index in [9.17, 15) is 9.18 Å². The van der Waals surface area contributed by atoms with Crippen molar-refractivity contribution in [1.82, 2.24) is 9.47 Å². The number of hydrogen-bond donors (Lipinski definition) is 0. The molecule has 2 aromatic carbocycles. The number of carbonyl (C=O) groups is 1. The van der Waals surface area contributed by atoms with Crippen LogP contribution >= 0.6 is 11.6 Å². The first-order valence-electron chi connectivity index (χ1n) is 9.36. The lowest BCUT2D eigenvalue weighted by atomic mass is 10.0. The number of hydrogen-bond acceptors (Lipinski definition) is 2. The van der Waals surface area contributed by atoms with Crippen LogP contribution in [0, 0.1) is 12.7 Å². The molecule has 27 heavy (non-hydrogen) atoms. The molecule has 4 rings (SSSR count). The average molecular weight is 385 g/mol. The Morgan fingerprint density at radius 3 is 2.48 bits per heavy atom. The second-order valence-corrected chi connectivity index (χ2v) is 7.63. The number of halogens is 2. The van der Waals surface area contributed by atoms with Gasteiger partial charge in [-0.25, -0.2) is 4.39 Å². The fourth-order valence-corrected chi connectivity index (χ4v) is 4.19. The summed E-state index contributed by atoms with van der Waals surface area (Å²) in [5.41, 5.74) is 3.19. The molecule has 1 aromatic heterocycles. The van der Waals surface area contributed by atoms with Crippen LogP contribution in [0.4, 0.5) is 4.39 Å². The quantitative estimate of drug-likeness (QED) is 0.563. The summed E-state index contributed by atoms with van der Waals surface area (Å²) in [6.07, 6.45) is 3.49. The normalized spacial score (nSPS) is 15.4. The molecular formula is C22H22ClFN2O. The molecule has 1 saturated heterocycles. The molecule has 0 aliphatic carbocycles. The molecule has 0 bridgehead atoms. The van der Waals surface area contributed by atoms with E-state index in [0.717, 1.165) is 42.8 Å². The highest BCUT2D eigenvalue weighted by Gasteiger charge is 2.23. The van der Waals surface area contributed by atoms with Crippen LogP contribution in [0.5, 0.6) is 0 Å². The maximum atomic E-state index is 14.0. The summed E-state index contributed by atoms with van der Waals surface area (Å²) < 4.78 is 16.0. The van der Waals surface area contributed by atoms with Crippen LogP contribution in [0.1, 0.15) is 35.3 Å². The van der Waals surface area contributed by atoms with Gasteiger partial charge in [0.25, 0.3) is 0 Å². The summed E-state index contributed by atoms with van der Waals surface area (Å²) in [4.78, 5) is 15.4. The van der Waals surface area contributed by atoms with Gasteiger partial charge in [-0.3, -0.25) is 9.69 Å². The summed E-state index contributed by atoms with van der Waals surface area (Å²) in [5, 5.41) is 1.32. The van der Waals surface area contributed by atoms with Crippen LogP contribution in [0.25, 0.3) is 16.6 Å². The van der Waals surface area contributed by atoms with Gasteiger partial charge in [0, 0.05) is 27.4 Å². The number of nitrogens with zero attached hydrogens (tertiary/aromatic N) is 2. The molecule has 0 spiro atoms. The van der Waals surface area contributed by atoms with Crippen LogP contribution < -0.4 is 0 Å². The highest BCUT2D eigenvalue weighted by atomic mass is 35.5. The van der Waals surface area contributed by atoms with E-state index in [-0.39, 0.29) is 11.6 Å². The van der Waals surface area contributed by atoms with Crippen molar-refractivity contribution in [2.45, 2.75) is 26.2 Å². The van der Waals surface area contributed by atoms with Crippen LogP contribution in [0.3, 0.4) is 0 Å². The summed E-state index contributed by atoms with van der Waals surface area (Å²) in [6, 6.07) is 12.1. The molecule has 0 unspecified atom stereocenters. The van der Waals surface area contributed by atoms with Gasteiger partial charge < -0.3 is 4.57 Å². The van der Waals surface area contributed by atoms with Gasteiger partial charge in [-0.2, -0.15) is 0 Å². The Labute approximate surface area is 163 Å². The smallest absolute Gasteiger partial charge is 0.179 e. The van der Waals surface area contributed by atoms with Gasteiger partial charge in [0.2, 0.25) is 0 Å². The Balaban J connectivity index is 1.82. The first-order valence-corrected chi connectivity index (χ1v) is 9.74. The minimum absolute atomic E-state index is 0.0534. The largest absolute Gasteiger partial charge is 0.313 e. The molecule has 0 amide bonds. The molecule has 1 fully saturated rings. The average Bonchev–Trinajstić information content (AvgIpc) is 2.94. The Morgan fingerprint density at radius 2 is 1.78 bits per heavy atom. The Morgan fingerprint density at radius 1 is 1.07 bits per heavy atom. The third-order valence-electron chi connectivity index (χ3n) is 5.35. The van der Waals surface area contributed by atoms with Crippen molar-refractivity contribution >= 4 is 28.3 Å². The number of carbonyl (C=O) groups excluding carboxylic acids is 1. The fourth-order valence-electron chi connectivity index (χ4n) is 4.07. The molecule has 0 saturated carbocycles. The monoisotopic (exact) mass is 384 g/mol. The second-order valence-electron chi connectivity index (χ2n) is 7.19. The zero-order chi connectivity index (χ0) is 19.0. The van der Waals surface area contributed by atoms with Crippen molar-refractivity contribution in [2.75, 3.05) is 19.6 Å². The van der Waals surface area contributed by atoms with E-state index in [1.54, 1.807) is 6.07 Å². The summed E-state index contributed by atoms with van der Waals surface area (Å²) in [5.74, 6) is -0.277. The molecule has 5 heteroatoms. The number of ketones is 1. The molecule has 1 aliphatic rings. The maximum absolute atomic E-state index is 14.0. The first kappa shape index (κ1) is 18.2. The number of fused-ring (bicyclic) bond motifs is 1. The minimum atomic E-state index is -0.331. The van der Waals surface area contributed by atoms with Crippen molar-refractivity contribution < 1.29 is 9.18 Å². The molecule has 0 radical (unpaired) electrons. The van der Waals surface area contributed by atoms with Gasteiger partial charge in [-0.15, -0.1) is 0 Å². The van der Waals surface area contributed by atoms with Crippen molar-refractivity contribution in [3.8, 4) is 5.69 Å². The van der Waals surface area contributed by atoms with E-state index in [2.05, 4.69) is 4.90 Å². The summed E-state index contributed by atoms with van der Waals surface area (Å²) in [7, 11) is 0. The molecule has 2 heterocycles. The SMILES string of the molecule is Cc1c(C(=O)CN2CCCCC2)c2cc(F)ccc2n1-c1ccc(Cl)cc1. The topological polar surface area (TPSA) is 25.2 Å². The van der Waals surface area contributed by atoms with E-state index in [4.69, 9.17) is 11.6 Å². The number of aromatic nitrogens is 1. The van der Waals surface area contributed by atoms with Crippen molar-refractivity contribution in [3.63, 3.8) is 0 Å². The van der Waals surface area contributed by atoms with Gasteiger partial charge in [-0.1, -0.05) is 18.0 Å². The zero-order valence-corrected chi connectivity index (χ0v) is 16.1. The molecule has 3 aromatic rings. The second kappa shape index (κ2) is 7.45. The summed E-state index contributed by atoms with van der Waals surface area (Å²) in [6.45, 7) is 4.22. The van der Waals surface area contributed by atoms with E-state index in [1.807, 2.05) is 35.8 Å². The Bertz CT molecular complexity index is 988. The minimum Gasteiger partial charge on any atom is -0.313 e. The van der Waals surface area contributed by atoms with Crippen LogP contribution in [-0.4, -0.2) is 34.9 Å². The highest BCUT2D eigenvalue weighted by Crippen LogP contribution is 2.31. The Kier molecular flexibility index (Phi) is 5.02. The fraction of sp³-hybridized carbons (Fsp3) is 0.318. The standard InChI is InChI=1S/C22H22ClFN2O/c1-15-22(21(27)14-25-11-3-2-4-12-25)19-13-17(24)7-10-20(19)26(15)18-8-5-16(23)6-9-18/h5-10,13H,2-4,11-12,14H2,1H3. The van der Waals surface area contributed by atoms with E-state index >= 15 is 0 Å². The Hall–Kier alpha value is -2.17. The number of Topliss-reactive ketones (excluding diaryl/α,β-unsaturated/α-hetero) is 1. The first-order chi connectivity index (χ1) is 13.0. The van der Waals surface area contributed by atoms with Crippen molar-refractivity contribution in [3.05, 3.63) is 64.6 Å². The van der Waals surface area contributed by atoms with Gasteiger partial charge in [-0.05, 0) is 75.3 Å². The van der Waals surface area contributed by atoms with E-state index < -0.39 is 0 Å². The van der Waals surface area contributed by atoms with Gasteiger partial charge in [0.1, 0.15) is 5.82 Å². The maximum Gasteiger partial charge on any atom is 0.179 e. The lowest BCUT2D eigenvalue weighted by molar-refractivity contribution is 0.0916. The predicted molar refractivity (Wildman–Crippen MR) is 108 cm³/mol. The van der Waals surface area contributed by atoms with Crippen LogP contribution in [-0.2, 0) is 0 Å². The van der Waals surface area contributed by atoms with Gasteiger partial charge in [0.15, 0.2) is 5.78 Å². The van der Waals surface area contributed by atoms with Crippen molar-refractivity contribution in [1.29, 1.82) is 0 Å². The zero-order valence-electron chi connectivity index (χ0n) is 15.3. The highest BCUT2D eigenvalue weighted by molar-refractivity contribution is 6.30. The van der Waals surface area contributed by atoms with Crippen LogP contribution in [0.15, 0.2) is 42.5 Å². The van der Waals surface area contributed by atoms with Crippen LogP contribution in [0.2, 0.25) is 5.02 Å². The van der Waals surface area contributed by atoms with E-state index in [1.165, 1.54) is 18.6 Å².